The summed E-state index contributed by atoms with van der Waals surface area (Å²) >= 11 is 3.55. The molecular weight excluding hydrogens is 492 g/mol. The molecule has 0 saturated heterocycles. The number of carbonyl (C=O) groups is 2. The molecule has 2 aliphatic rings. The van der Waals surface area contributed by atoms with E-state index >= 15 is 0 Å². The van der Waals surface area contributed by atoms with Crippen LogP contribution >= 0.6 is 15.9 Å². The highest BCUT2D eigenvalue weighted by Crippen LogP contribution is 2.34. The largest absolute Gasteiger partial charge is 0.465 e. The molecule has 178 valence electrons. The van der Waals surface area contributed by atoms with E-state index in [0.717, 1.165) is 46.4 Å². The fraction of sp³-hybridized carbons (Fsp3) is 0.357. The van der Waals surface area contributed by atoms with Crippen molar-refractivity contribution in [3.8, 4) is 5.69 Å². The second-order valence-electron chi connectivity index (χ2n) is 8.97. The summed E-state index contributed by atoms with van der Waals surface area (Å²) < 4.78 is 8.22. The van der Waals surface area contributed by atoms with Crippen LogP contribution in [-0.4, -0.2) is 35.0 Å². The number of methoxy groups -OCH3 is 1. The summed E-state index contributed by atoms with van der Waals surface area (Å²) in [5.41, 5.74) is 6.83. The molecule has 0 bridgehead atoms. The number of aromatic nitrogens is 1. The van der Waals surface area contributed by atoms with Gasteiger partial charge in [0.1, 0.15) is 0 Å². The Bertz CT molecular complexity index is 1230. The Kier molecular flexibility index (Phi) is 7.27. The first kappa shape index (κ1) is 24.3. The zero-order valence-corrected chi connectivity index (χ0v) is 21.9. The number of hydrogen-bond donors (Lipinski definition) is 0. The summed E-state index contributed by atoms with van der Waals surface area (Å²) in [7, 11) is 1.36. The van der Waals surface area contributed by atoms with E-state index in [-0.39, 0.29) is 5.91 Å². The van der Waals surface area contributed by atoms with Crippen molar-refractivity contribution in [3.05, 3.63) is 80.2 Å². The van der Waals surface area contributed by atoms with Crippen LogP contribution in [0.25, 0.3) is 11.8 Å². The third kappa shape index (κ3) is 4.69. The van der Waals surface area contributed by atoms with Crippen LogP contribution in [0.1, 0.15) is 56.0 Å². The van der Waals surface area contributed by atoms with Gasteiger partial charge in [-0.3, -0.25) is 4.79 Å². The summed E-state index contributed by atoms with van der Waals surface area (Å²) in [5.74, 6) is -0.612. The normalized spacial score (nSPS) is 17.6. The number of nitrogens with zero attached hydrogens (tertiary/aromatic N) is 2. The van der Waals surface area contributed by atoms with Crippen LogP contribution in [0.3, 0.4) is 0 Å². The maximum absolute atomic E-state index is 13.5. The smallest absolute Gasteiger partial charge is 0.340 e. The minimum atomic E-state index is -0.475. The Morgan fingerprint density at radius 1 is 1.18 bits per heavy atom. The van der Waals surface area contributed by atoms with Gasteiger partial charge in [-0.25, -0.2) is 4.79 Å². The van der Waals surface area contributed by atoms with E-state index in [1.54, 1.807) is 4.90 Å². The van der Waals surface area contributed by atoms with E-state index in [4.69, 9.17) is 4.74 Å². The molecule has 0 saturated carbocycles. The summed E-state index contributed by atoms with van der Waals surface area (Å²) in [6, 6.07) is 10.2. The standard InChI is InChI=1S/C28H31BrN2O3/c1-18-15-22(19(2)31(18)24-12-8-11-23(29)17-24)16-25-26(28(33)34-4)20(3)30(27(25)32)14-13-21-9-6-5-7-10-21/h8-9,11-12,15-17H,5-7,10,13-14H2,1-4H3/b25-16-. The molecule has 0 unspecified atom stereocenters. The zero-order chi connectivity index (χ0) is 24.4. The monoisotopic (exact) mass is 522 g/mol. The number of carbonyl (C=O) groups excluding carboxylic acids is 2. The molecule has 4 rings (SSSR count). The van der Waals surface area contributed by atoms with Gasteiger partial charge < -0.3 is 14.2 Å². The first-order valence-corrected chi connectivity index (χ1v) is 12.6. The molecule has 0 spiro atoms. The predicted octanol–water partition coefficient (Wildman–Crippen LogP) is 6.42. The van der Waals surface area contributed by atoms with Gasteiger partial charge in [0.15, 0.2) is 0 Å². The number of amides is 1. The molecule has 1 aromatic heterocycles. The van der Waals surface area contributed by atoms with Crippen LogP contribution in [0.4, 0.5) is 0 Å². The van der Waals surface area contributed by atoms with Crippen molar-refractivity contribution < 1.29 is 14.3 Å². The molecule has 2 heterocycles. The van der Waals surface area contributed by atoms with Gasteiger partial charge in [0.2, 0.25) is 0 Å². The van der Waals surface area contributed by atoms with E-state index in [2.05, 4.69) is 38.7 Å². The lowest BCUT2D eigenvalue weighted by Gasteiger charge is -2.20. The van der Waals surface area contributed by atoms with E-state index in [0.29, 0.717) is 23.4 Å². The molecule has 6 heteroatoms. The van der Waals surface area contributed by atoms with Gasteiger partial charge in [0.25, 0.3) is 5.91 Å². The van der Waals surface area contributed by atoms with E-state index in [9.17, 15) is 9.59 Å². The number of allylic oxidation sites excluding steroid dienone is 2. The second kappa shape index (κ2) is 10.2. The van der Waals surface area contributed by atoms with Crippen LogP contribution in [0.15, 0.2) is 63.3 Å². The van der Waals surface area contributed by atoms with Crippen LogP contribution in [0.5, 0.6) is 0 Å². The molecule has 1 aromatic carbocycles. The number of ether oxygens (including phenoxy) is 1. The predicted molar refractivity (Wildman–Crippen MR) is 139 cm³/mol. The number of halogens is 1. The fourth-order valence-corrected chi connectivity index (χ4v) is 5.37. The molecule has 5 nitrogen and oxygen atoms in total. The summed E-state index contributed by atoms with van der Waals surface area (Å²) in [6.45, 7) is 6.48. The average molecular weight is 523 g/mol. The fourth-order valence-electron chi connectivity index (χ4n) is 4.99. The van der Waals surface area contributed by atoms with Crippen molar-refractivity contribution in [3.63, 3.8) is 0 Å². The Morgan fingerprint density at radius 3 is 2.65 bits per heavy atom. The molecule has 2 aromatic rings. The van der Waals surface area contributed by atoms with E-state index < -0.39 is 5.97 Å². The number of rotatable bonds is 6. The first-order chi connectivity index (χ1) is 16.3. The lowest BCUT2D eigenvalue weighted by molar-refractivity contribution is -0.136. The number of aryl methyl sites for hydroxylation is 1. The Balaban J connectivity index is 1.70. The Morgan fingerprint density at radius 2 is 1.97 bits per heavy atom. The third-order valence-electron chi connectivity index (χ3n) is 6.78. The van der Waals surface area contributed by atoms with Gasteiger partial charge in [0, 0.05) is 33.8 Å². The summed E-state index contributed by atoms with van der Waals surface area (Å²) in [6.07, 6.45) is 9.64. The topological polar surface area (TPSA) is 51.5 Å². The van der Waals surface area contributed by atoms with E-state index in [1.807, 2.05) is 45.0 Å². The molecule has 0 N–H and O–H groups in total. The SMILES string of the molecule is COC(=O)C1=C(C)N(CCC2=CCCCC2)C(=O)/C1=C\c1cc(C)n(-c2cccc(Br)c2)c1C. The highest BCUT2D eigenvalue weighted by atomic mass is 79.9. The molecule has 34 heavy (non-hydrogen) atoms. The van der Waals surface area contributed by atoms with Crippen LogP contribution in [0, 0.1) is 13.8 Å². The Labute approximate surface area is 209 Å². The maximum Gasteiger partial charge on any atom is 0.340 e. The van der Waals surface area contributed by atoms with Crippen LogP contribution < -0.4 is 0 Å². The molecule has 1 amide bonds. The quantitative estimate of drug-likeness (QED) is 0.250. The van der Waals surface area contributed by atoms with Gasteiger partial charge in [-0.15, -0.1) is 0 Å². The van der Waals surface area contributed by atoms with Crippen molar-refractivity contribution in [2.45, 2.75) is 52.9 Å². The minimum absolute atomic E-state index is 0.137. The lowest BCUT2D eigenvalue weighted by atomic mass is 9.97. The van der Waals surface area contributed by atoms with Crippen LogP contribution in [-0.2, 0) is 14.3 Å². The van der Waals surface area contributed by atoms with Gasteiger partial charge in [-0.05, 0) is 88.8 Å². The van der Waals surface area contributed by atoms with Crippen molar-refractivity contribution in [2.24, 2.45) is 0 Å². The zero-order valence-electron chi connectivity index (χ0n) is 20.3. The number of esters is 1. The Hall–Kier alpha value is -2.86. The molecule has 0 fully saturated rings. The van der Waals surface area contributed by atoms with Gasteiger partial charge in [0.05, 0.1) is 18.3 Å². The average Bonchev–Trinajstić information content (AvgIpc) is 3.24. The van der Waals surface area contributed by atoms with Crippen molar-refractivity contribution in [1.29, 1.82) is 0 Å². The van der Waals surface area contributed by atoms with Crippen molar-refractivity contribution >= 4 is 33.9 Å². The van der Waals surface area contributed by atoms with Crippen LogP contribution in [0.2, 0.25) is 0 Å². The van der Waals surface area contributed by atoms with Gasteiger partial charge in [-0.1, -0.05) is 33.6 Å². The number of hydrogen-bond acceptors (Lipinski definition) is 3. The minimum Gasteiger partial charge on any atom is -0.465 e. The molecule has 1 aliphatic carbocycles. The highest BCUT2D eigenvalue weighted by molar-refractivity contribution is 9.10. The maximum atomic E-state index is 13.5. The molecular formula is C28H31BrN2O3. The second-order valence-corrected chi connectivity index (χ2v) is 9.88. The first-order valence-electron chi connectivity index (χ1n) is 11.8. The summed E-state index contributed by atoms with van der Waals surface area (Å²) in [5, 5.41) is 0. The highest BCUT2D eigenvalue weighted by Gasteiger charge is 2.37. The van der Waals surface area contributed by atoms with Crippen molar-refractivity contribution in [2.75, 3.05) is 13.7 Å². The van der Waals surface area contributed by atoms with Gasteiger partial charge >= 0.3 is 5.97 Å². The van der Waals surface area contributed by atoms with Gasteiger partial charge in [-0.2, -0.15) is 0 Å². The molecule has 0 radical (unpaired) electrons. The van der Waals surface area contributed by atoms with E-state index in [1.165, 1.54) is 25.5 Å². The molecule has 0 atom stereocenters. The molecule has 1 aliphatic heterocycles. The number of benzene rings is 1. The lowest BCUT2D eigenvalue weighted by Crippen LogP contribution is -2.26. The third-order valence-corrected chi connectivity index (χ3v) is 7.27. The summed E-state index contributed by atoms with van der Waals surface area (Å²) in [4.78, 5) is 28.0. The van der Waals surface area contributed by atoms with Crippen molar-refractivity contribution in [1.82, 2.24) is 9.47 Å².